The fraction of sp³-hybridized carbons (Fsp3) is 0.714. The molecule has 0 saturated carbocycles. The van der Waals surface area contributed by atoms with E-state index in [0.717, 1.165) is 39.1 Å². The Balaban J connectivity index is 1.97. The molecule has 0 amide bonds. The van der Waals surface area contributed by atoms with E-state index in [1.165, 1.54) is 0 Å². The summed E-state index contributed by atoms with van der Waals surface area (Å²) in [5, 5.41) is 3.17. The first-order chi connectivity index (χ1) is 9.16. The molecule has 0 bridgehead atoms. The highest BCUT2D eigenvalue weighted by molar-refractivity contribution is 5.30. The molecule has 1 unspecified atom stereocenters. The second-order valence-corrected chi connectivity index (χ2v) is 5.59. The van der Waals surface area contributed by atoms with Crippen LogP contribution in [0, 0.1) is 11.8 Å². The lowest BCUT2D eigenvalue weighted by Crippen LogP contribution is -2.30. The summed E-state index contributed by atoms with van der Waals surface area (Å²) in [5.74, 6) is 1.38. The lowest BCUT2D eigenvalue weighted by atomic mass is 10.0. The van der Waals surface area contributed by atoms with Crippen molar-refractivity contribution >= 4 is 5.82 Å². The topological polar surface area (TPSA) is 56.1 Å². The number of aromatic nitrogens is 2. The summed E-state index contributed by atoms with van der Waals surface area (Å²) in [4.78, 5) is 16.3. The lowest BCUT2D eigenvalue weighted by molar-refractivity contribution is 0.0594. The molecular formula is C14H23N3O2. The predicted octanol–water partition coefficient (Wildman–Crippen LogP) is 1.74. The van der Waals surface area contributed by atoms with Gasteiger partial charge in [0.25, 0.3) is 5.56 Å². The van der Waals surface area contributed by atoms with Crippen LogP contribution in [-0.2, 0) is 11.3 Å². The van der Waals surface area contributed by atoms with E-state index in [0.29, 0.717) is 17.7 Å². The van der Waals surface area contributed by atoms with Gasteiger partial charge in [0.05, 0.1) is 6.61 Å². The van der Waals surface area contributed by atoms with Crippen molar-refractivity contribution in [3.63, 3.8) is 0 Å². The van der Waals surface area contributed by atoms with Gasteiger partial charge in [-0.3, -0.25) is 4.79 Å². The Bertz CT molecular complexity index is 450. The average molecular weight is 265 g/mol. The highest BCUT2D eigenvalue weighted by Gasteiger charge is 2.14. The molecule has 0 aromatic carbocycles. The van der Waals surface area contributed by atoms with Crippen LogP contribution in [0.2, 0.25) is 0 Å². The zero-order valence-electron chi connectivity index (χ0n) is 11.8. The maximum Gasteiger partial charge on any atom is 0.293 e. The molecule has 1 aliphatic rings. The Morgan fingerprint density at radius 1 is 1.58 bits per heavy atom. The van der Waals surface area contributed by atoms with Gasteiger partial charge in [-0.05, 0) is 24.7 Å². The molecule has 1 N–H and O–H groups in total. The maximum atomic E-state index is 12.2. The van der Waals surface area contributed by atoms with Gasteiger partial charge in [0, 0.05) is 32.1 Å². The van der Waals surface area contributed by atoms with Gasteiger partial charge < -0.3 is 14.6 Å². The maximum absolute atomic E-state index is 12.2. The van der Waals surface area contributed by atoms with E-state index in [9.17, 15) is 4.79 Å². The minimum atomic E-state index is -0.0343. The van der Waals surface area contributed by atoms with Gasteiger partial charge in [-0.1, -0.05) is 13.8 Å². The van der Waals surface area contributed by atoms with Gasteiger partial charge in [-0.25, -0.2) is 4.98 Å². The monoisotopic (exact) mass is 265 g/mol. The van der Waals surface area contributed by atoms with E-state index in [4.69, 9.17) is 4.74 Å². The van der Waals surface area contributed by atoms with E-state index < -0.39 is 0 Å². The summed E-state index contributed by atoms with van der Waals surface area (Å²) >= 11 is 0. The van der Waals surface area contributed by atoms with Crippen LogP contribution in [0.1, 0.15) is 26.7 Å². The lowest BCUT2D eigenvalue weighted by Gasteiger charge is -2.22. The minimum Gasteiger partial charge on any atom is -0.381 e. The summed E-state index contributed by atoms with van der Waals surface area (Å²) in [6.07, 6.45) is 5.69. The zero-order valence-corrected chi connectivity index (χ0v) is 11.8. The third-order valence-corrected chi connectivity index (χ3v) is 3.29. The molecule has 1 fully saturated rings. The molecule has 2 heterocycles. The van der Waals surface area contributed by atoms with Gasteiger partial charge in [0.15, 0.2) is 5.82 Å². The van der Waals surface area contributed by atoms with Crippen LogP contribution in [0.25, 0.3) is 0 Å². The standard InChI is InChI=1S/C14H23N3O2/c1-11(2)9-17-6-5-15-13(14(17)18)16-8-12-4-3-7-19-10-12/h5-6,11-12H,3-4,7-10H2,1-2H3,(H,15,16). The van der Waals surface area contributed by atoms with Crippen LogP contribution in [0.15, 0.2) is 17.2 Å². The van der Waals surface area contributed by atoms with Crippen molar-refractivity contribution in [2.24, 2.45) is 11.8 Å². The number of ether oxygens (including phenoxy) is 1. The van der Waals surface area contributed by atoms with Crippen molar-refractivity contribution in [1.29, 1.82) is 0 Å². The van der Waals surface area contributed by atoms with Crippen LogP contribution in [-0.4, -0.2) is 29.3 Å². The number of hydrogen-bond acceptors (Lipinski definition) is 4. The number of hydrogen-bond donors (Lipinski definition) is 1. The van der Waals surface area contributed by atoms with Crippen LogP contribution in [0.3, 0.4) is 0 Å². The quantitative estimate of drug-likeness (QED) is 0.881. The molecule has 1 aromatic rings. The number of nitrogens with one attached hydrogen (secondary N) is 1. The average Bonchev–Trinajstić information content (AvgIpc) is 2.40. The molecule has 1 saturated heterocycles. The Kier molecular flexibility index (Phi) is 4.96. The fourth-order valence-corrected chi connectivity index (χ4v) is 2.32. The van der Waals surface area contributed by atoms with Gasteiger partial charge in [-0.2, -0.15) is 0 Å². The molecule has 1 atom stereocenters. The van der Waals surface area contributed by atoms with Gasteiger partial charge in [0.1, 0.15) is 0 Å². The van der Waals surface area contributed by atoms with E-state index >= 15 is 0 Å². The number of rotatable bonds is 5. The molecule has 106 valence electrons. The molecule has 0 spiro atoms. The third-order valence-electron chi connectivity index (χ3n) is 3.29. The first kappa shape index (κ1) is 14.1. The molecule has 0 aliphatic carbocycles. The van der Waals surface area contributed by atoms with Gasteiger partial charge >= 0.3 is 0 Å². The van der Waals surface area contributed by atoms with Crippen LogP contribution >= 0.6 is 0 Å². The number of anilines is 1. The molecule has 2 rings (SSSR count). The second-order valence-electron chi connectivity index (χ2n) is 5.59. The van der Waals surface area contributed by atoms with Crippen molar-refractivity contribution in [1.82, 2.24) is 9.55 Å². The SMILES string of the molecule is CC(C)Cn1ccnc(NCC2CCCOC2)c1=O. The fourth-order valence-electron chi connectivity index (χ4n) is 2.32. The third kappa shape index (κ3) is 4.06. The first-order valence-corrected chi connectivity index (χ1v) is 7.04. The Hall–Kier alpha value is -1.36. The van der Waals surface area contributed by atoms with Gasteiger partial charge in [0.2, 0.25) is 0 Å². The summed E-state index contributed by atoms with van der Waals surface area (Å²) < 4.78 is 7.15. The molecule has 1 aliphatic heterocycles. The van der Waals surface area contributed by atoms with E-state index in [-0.39, 0.29) is 5.56 Å². The molecular weight excluding hydrogens is 242 g/mol. The Morgan fingerprint density at radius 3 is 3.11 bits per heavy atom. The zero-order chi connectivity index (χ0) is 13.7. The van der Waals surface area contributed by atoms with Crippen LogP contribution in [0.4, 0.5) is 5.82 Å². The van der Waals surface area contributed by atoms with Crippen molar-refractivity contribution in [2.45, 2.75) is 33.2 Å². The summed E-state index contributed by atoms with van der Waals surface area (Å²) in [7, 11) is 0. The highest BCUT2D eigenvalue weighted by atomic mass is 16.5. The van der Waals surface area contributed by atoms with Crippen LogP contribution < -0.4 is 10.9 Å². The molecule has 0 radical (unpaired) electrons. The van der Waals surface area contributed by atoms with E-state index in [1.807, 2.05) is 0 Å². The molecule has 1 aromatic heterocycles. The van der Waals surface area contributed by atoms with Gasteiger partial charge in [-0.15, -0.1) is 0 Å². The van der Waals surface area contributed by atoms with E-state index in [1.54, 1.807) is 17.0 Å². The number of nitrogens with zero attached hydrogens (tertiary/aromatic N) is 2. The Labute approximate surface area is 114 Å². The van der Waals surface area contributed by atoms with Crippen LogP contribution in [0.5, 0.6) is 0 Å². The largest absolute Gasteiger partial charge is 0.381 e. The summed E-state index contributed by atoms with van der Waals surface area (Å²) in [6, 6.07) is 0. The molecule has 19 heavy (non-hydrogen) atoms. The highest BCUT2D eigenvalue weighted by Crippen LogP contribution is 2.13. The van der Waals surface area contributed by atoms with Crippen molar-refractivity contribution in [2.75, 3.05) is 25.1 Å². The van der Waals surface area contributed by atoms with Crippen molar-refractivity contribution in [3.05, 3.63) is 22.7 Å². The normalized spacial score (nSPS) is 19.6. The van der Waals surface area contributed by atoms with E-state index in [2.05, 4.69) is 24.1 Å². The molecule has 5 heteroatoms. The molecule has 5 nitrogen and oxygen atoms in total. The predicted molar refractivity (Wildman–Crippen MR) is 75.4 cm³/mol. The summed E-state index contributed by atoms with van der Waals surface area (Å²) in [6.45, 7) is 7.32. The minimum absolute atomic E-state index is 0.0343. The van der Waals surface area contributed by atoms with Crippen molar-refractivity contribution in [3.8, 4) is 0 Å². The Morgan fingerprint density at radius 2 is 2.42 bits per heavy atom. The summed E-state index contributed by atoms with van der Waals surface area (Å²) in [5.41, 5.74) is -0.0343. The first-order valence-electron chi connectivity index (χ1n) is 7.04. The smallest absolute Gasteiger partial charge is 0.293 e. The van der Waals surface area contributed by atoms with Crippen molar-refractivity contribution < 1.29 is 4.74 Å². The second kappa shape index (κ2) is 6.70.